The molecule has 3 heteroatoms. The normalized spacial score (nSPS) is 12.5. The predicted octanol–water partition coefficient (Wildman–Crippen LogP) is 2.96. The van der Waals surface area contributed by atoms with E-state index >= 15 is 0 Å². The summed E-state index contributed by atoms with van der Waals surface area (Å²) in [5, 5.41) is 9.56. The monoisotopic (exact) mass is 214 g/mol. The van der Waals surface area contributed by atoms with Crippen molar-refractivity contribution in [2.24, 2.45) is 0 Å². The molecule has 14 heavy (non-hydrogen) atoms. The SMILES string of the molecule is C=CCC(O)Cc1cccc(F)c1Cl. The van der Waals surface area contributed by atoms with Crippen LogP contribution in [0.5, 0.6) is 0 Å². The first-order chi connectivity index (χ1) is 6.65. The summed E-state index contributed by atoms with van der Waals surface area (Å²) in [7, 11) is 0. The van der Waals surface area contributed by atoms with E-state index in [1.165, 1.54) is 6.07 Å². The molecule has 0 aromatic heterocycles. The third-order valence-electron chi connectivity index (χ3n) is 1.93. The molecule has 0 fully saturated rings. The largest absolute Gasteiger partial charge is 0.392 e. The summed E-state index contributed by atoms with van der Waals surface area (Å²) in [6.07, 6.45) is 1.90. The Hall–Kier alpha value is -0.860. The van der Waals surface area contributed by atoms with Crippen molar-refractivity contribution in [2.75, 3.05) is 0 Å². The number of aliphatic hydroxyl groups is 1. The lowest BCUT2D eigenvalue weighted by atomic mass is 10.1. The van der Waals surface area contributed by atoms with Gasteiger partial charge in [0.05, 0.1) is 11.1 Å². The topological polar surface area (TPSA) is 20.2 Å². The Morgan fingerprint density at radius 1 is 1.57 bits per heavy atom. The molecule has 1 atom stereocenters. The van der Waals surface area contributed by atoms with Crippen LogP contribution in [0.15, 0.2) is 30.9 Å². The highest BCUT2D eigenvalue weighted by atomic mass is 35.5. The van der Waals surface area contributed by atoms with Crippen molar-refractivity contribution in [1.29, 1.82) is 0 Å². The molecule has 0 radical (unpaired) electrons. The average Bonchev–Trinajstić information content (AvgIpc) is 2.13. The Balaban J connectivity index is 2.76. The summed E-state index contributed by atoms with van der Waals surface area (Å²) < 4.78 is 13.0. The average molecular weight is 215 g/mol. The number of hydrogen-bond donors (Lipinski definition) is 1. The molecule has 0 saturated carbocycles. The molecule has 0 bridgehead atoms. The van der Waals surface area contributed by atoms with Crippen molar-refractivity contribution in [3.8, 4) is 0 Å². The third-order valence-corrected chi connectivity index (χ3v) is 2.35. The Kier molecular flexibility index (Phi) is 4.11. The van der Waals surface area contributed by atoms with E-state index in [1.807, 2.05) is 0 Å². The minimum atomic E-state index is -0.549. The molecule has 0 spiro atoms. The molecular formula is C11H12ClFO. The van der Waals surface area contributed by atoms with Crippen molar-refractivity contribution < 1.29 is 9.50 Å². The van der Waals surface area contributed by atoms with Gasteiger partial charge in [-0.2, -0.15) is 0 Å². The van der Waals surface area contributed by atoms with Crippen LogP contribution in [0.4, 0.5) is 4.39 Å². The molecular weight excluding hydrogens is 203 g/mol. The Morgan fingerprint density at radius 2 is 2.29 bits per heavy atom. The van der Waals surface area contributed by atoms with E-state index in [9.17, 15) is 9.50 Å². The Labute approximate surface area is 87.8 Å². The van der Waals surface area contributed by atoms with Crippen LogP contribution in [0.3, 0.4) is 0 Å². The van der Waals surface area contributed by atoms with Crippen LogP contribution in [0.2, 0.25) is 5.02 Å². The molecule has 76 valence electrons. The molecule has 0 aliphatic heterocycles. The number of hydrogen-bond acceptors (Lipinski definition) is 1. The number of aliphatic hydroxyl groups excluding tert-OH is 1. The van der Waals surface area contributed by atoms with Gasteiger partial charge in [0.15, 0.2) is 0 Å². The quantitative estimate of drug-likeness (QED) is 0.765. The van der Waals surface area contributed by atoms with Crippen LogP contribution in [0.1, 0.15) is 12.0 Å². The van der Waals surface area contributed by atoms with Gasteiger partial charge in [0.1, 0.15) is 5.82 Å². The van der Waals surface area contributed by atoms with Crippen molar-refractivity contribution in [1.82, 2.24) is 0 Å². The van der Waals surface area contributed by atoms with Crippen molar-refractivity contribution >= 4 is 11.6 Å². The fourth-order valence-corrected chi connectivity index (χ4v) is 1.44. The van der Waals surface area contributed by atoms with E-state index in [1.54, 1.807) is 18.2 Å². The van der Waals surface area contributed by atoms with Gasteiger partial charge in [-0.05, 0) is 18.1 Å². The lowest BCUT2D eigenvalue weighted by molar-refractivity contribution is 0.178. The zero-order valence-corrected chi connectivity index (χ0v) is 8.47. The third kappa shape index (κ3) is 2.82. The van der Waals surface area contributed by atoms with E-state index in [4.69, 9.17) is 11.6 Å². The maximum absolute atomic E-state index is 13.0. The molecule has 0 amide bonds. The lowest BCUT2D eigenvalue weighted by Crippen LogP contribution is -2.09. The van der Waals surface area contributed by atoms with Crippen LogP contribution >= 0.6 is 11.6 Å². The lowest BCUT2D eigenvalue weighted by Gasteiger charge is -2.09. The van der Waals surface area contributed by atoms with Gasteiger partial charge >= 0.3 is 0 Å². The van der Waals surface area contributed by atoms with E-state index in [0.29, 0.717) is 18.4 Å². The highest BCUT2D eigenvalue weighted by molar-refractivity contribution is 6.31. The molecule has 0 heterocycles. The maximum atomic E-state index is 13.0. The molecule has 1 aromatic carbocycles. The number of halogens is 2. The number of rotatable bonds is 4. The van der Waals surface area contributed by atoms with Gasteiger partial charge in [-0.3, -0.25) is 0 Å². The van der Waals surface area contributed by atoms with E-state index < -0.39 is 11.9 Å². The highest BCUT2D eigenvalue weighted by Gasteiger charge is 2.09. The second-order valence-electron chi connectivity index (χ2n) is 3.10. The zero-order chi connectivity index (χ0) is 10.6. The maximum Gasteiger partial charge on any atom is 0.142 e. The first-order valence-electron chi connectivity index (χ1n) is 4.37. The van der Waals surface area contributed by atoms with Gasteiger partial charge in [0.25, 0.3) is 0 Å². The van der Waals surface area contributed by atoms with Crippen LogP contribution in [0.25, 0.3) is 0 Å². The standard InChI is InChI=1S/C11H12ClFO/c1-2-4-9(14)7-8-5-3-6-10(13)11(8)12/h2-3,5-6,9,14H,1,4,7H2. The molecule has 1 aromatic rings. The van der Waals surface area contributed by atoms with Crippen molar-refractivity contribution in [3.63, 3.8) is 0 Å². The minimum absolute atomic E-state index is 0.0932. The van der Waals surface area contributed by atoms with Crippen molar-refractivity contribution in [3.05, 3.63) is 47.3 Å². The first-order valence-corrected chi connectivity index (χ1v) is 4.74. The summed E-state index contributed by atoms with van der Waals surface area (Å²) in [6.45, 7) is 3.52. The second-order valence-corrected chi connectivity index (χ2v) is 3.47. The fourth-order valence-electron chi connectivity index (χ4n) is 1.24. The minimum Gasteiger partial charge on any atom is -0.392 e. The molecule has 0 aliphatic rings. The smallest absolute Gasteiger partial charge is 0.142 e. The summed E-state index contributed by atoms with van der Waals surface area (Å²) >= 11 is 5.73. The van der Waals surface area contributed by atoms with Gasteiger partial charge in [0, 0.05) is 6.42 Å². The van der Waals surface area contributed by atoms with Gasteiger partial charge in [0.2, 0.25) is 0 Å². The van der Waals surface area contributed by atoms with E-state index in [2.05, 4.69) is 6.58 Å². The molecule has 1 rings (SSSR count). The van der Waals surface area contributed by atoms with Gasteiger partial charge in [-0.1, -0.05) is 29.8 Å². The van der Waals surface area contributed by atoms with Crippen molar-refractivity contribution in [2.45, 2.75) is 18.9 Å². The van der Waals surface area contributed by atoms with Gasteiger partial charge in [-0.15, -0.1) is 6.58 Å². The number of benzene rings is 1. The molecule has 1 nitrogen and oxygen atoms in total. The first kappa shape index (κ1) is 11.2. The summed E-state index contributed by atoms with van der Waals surface area (Å²) in [5.41, 5.74) is 0.626. The Bertz CT molecular complexity index is 325. The predicted molar refractivity (Wildman–Crippen MR) is 55.9 cm³/mol. The Morgan fingerprint density at radius 3 is 2.93 bits per heavy atom. The van der Waals surface area contributed by atoms with E-state index in [0.717, 1.165) is 0 Å². The highest BCUT2D eigenvalue weighted by Crippen LogP contribution is 2.21. The summed E-state index contributed by atoms with van der Waals surface area (Å²) in [5.74, 6) is -0.449. The van der Waals surface area contributed by atoms with Crippen LogP contribution < -0.4 is 0 Å². The fraction of sp³-hybridized carbons (Fsp3) is 0.273. The van der Waals surface area contributed by atoms with E-state index in [-0.39, 0.29) is 5.02 Å². The molecule has 0 aliphatic carbocycles. The molecule has 0 saturated heterocycles. The zero-order valence-electron chi connectivity index (χ0n) is 7.71. The van der Waals surface area contributed by atoms with Gasteiger partial charge < -0.3 is 5.11 Å². The summed E-state index contributed by atoms with van der Waals surface area (Å²) in [4.78, 5) is 0. The van der Waals surface area contributed by atoms with Crippen LogP contribution in [-0.2, 0) is 6.42 Å². The molecule has 1 unspecified atom stereocenters. The summed E-state index contributed by atoms with van der Waals surface area (Å²) in [6, 6.07) is 4.58. The van der Waals surface area contributed by atoms with Crippen LogP contribution in [-0.4, -0.2) is 11.2 Å². The van der Waals surface area contributed by atoms with Crippen LogP contribution in [0, 0.1) is 5.82 Å². The second kappa shape index (κ2) is 5.13. The van der Waals surface area contributed by atoms with Gasteiger partial charge in [-0.25, -0.2) is 4.39 Å². The molecule has 1 N–H and O–H groups in total.